The van der Waals surface area contributed by atoms with E-state index in [4.69, 9.17) is 0 Å². The number of benzene rings is 1. The van der Waals surface area contributed by atoms with E-state index >= 15 is 0 Å². The Kier molecular flexibility index (Phi) is 5.55. The van der Waals surface area contributed by atoms with Crippen LogP contribution in [-0.2, 0) is 27.2 Å². The lowest BCUT2D eigenvalue weighted by atomic mass is 9.92. The molecule has 0 bridgehead atoms. The first-order valence-corrected chi connectivity index (χ1v) is 9.60. The Morgan fingerprint density at radius 1 is 1.33 bits per heavy atom. The van der Waals surface area contributed by atoms with Crippen LogP contribution in [0, 0.1) is 5.92 Å². The molecule has 8 heteroatoms. The molecule has 1 atom stereocenters. The van der Waals surface area contributed by atoms with Gasteiger partial charge in [0, 0.05) is 17.8 Å². The van der Waals surface area contributed by atoms with E-state index in [1.54, 1.807) is 31.4 Å². The molecule has 3 rings (SSSR count). The van der Waals surface area contributed by atoms with Gasteiger partial charge < -0.3 is 15.3 Å². The molecule has 0 spiro atoms. The summed E-state index contributed by atoms with van der Waals surface area (Å²) in [5, 5.41) is 14.5. The van der Waals surface area contributed by atoms with Crippen LogP contribution in [0.4, 0.5) is 5.13 Å². The lowest BCUT2D eigenvalue weighted by Crippen LogP contribution is -2.44. The quantitative estimate of drug-likeness (QED) is 0.821. The Balaban J connectivity index is 1.73. The first-order chi connectivity index (χ1) is 12.9. The van der Waals surface area contributed by atoms with Gasteiger partial charge in [-0.3, -0.25) is 9.59 Å². The largest absolute Gasteiger partial charge is 0.479 e. The standard InChI is InChI=1S/C19H21N3O4S/c1-11(2)17(24)21-19-20-13(10-27-19)9-15(23)22-8-7-12-5-3-4-6-14(12)16(22)18(25)26/h3-6,10-11,16H,7-9H2,1-2H3,(H,25,26)(H,20,21,24). The van der Waals surface area contributed by atoms with E-state index in [0.29, 0.717) is 29.4 Å². The zero-order valence-corrected chi connectivity index (χ0v) is 16.0. The average molecular weight is 387 g/mol. The SMILES string of the molecule is CC(C)C(=O)Nc1nc(CC(=O)N2CCc3ccccc3C2C(=O)O)cs1. The molecule has 1 unspecified atom stereocenters. The highest BCUT2D eigenvalue weighted by atomic mass is 32.1. The molecule has 2 heterocycles. The molecule has 2 amide bonds. The molecule has 1 aliphatic heterocycles. The number of thiazole rings is 1. The van der Waals surface area contributed by atoms with Crippen LogP contribution in [-0.4, -0.2) is 39.3 Å². The number of hydrogen-bond acceptors (Lipinski definition) is 5. The summed E-state index contributed by atoms with van der Waals surface area (Å²) in [5.41, 5.74) is 2.14. The summed E-state index contributed by atoms with van der Waals surface area (Å²) in [6.45, 7) is 3.93. The minimum Gasteiger partial charge on any atom is -0.479 e. The van der Waals surface area contributed by atoms with E-state index in [1.165, 1.54) is 16.2 Å². The van der Waals surface area contributed by atoms with Crippen LogP contribution in [0.25, 0.3) is 0 Å². The maximum Gasteiger partial charge on any atom is 0.331 e. The van der Waals surface area contributed by atoms with Crippen molar-refractivity contribution in [2.45, 2.75) is 32.7 Å². The maximum atomic E-state index is 12.8. The van der Waals surface area contributed by atoms with E-state index in [-0.39, 0.29) is 24.2 Å². The van der Waals surface area contributed by atoms with E-state index in [1.807, 2.05) is 12.1 Å². The summed E-state index contributed by atoms with van der Waals surface area (Å²) in [4.78, 5) is 42.0. The lowest BCUT2D eigenvalue weighted by Gasteiger charge is -2.34. The number of fused-ring (bicyclic) bond motifs is 1. The molecule has 2 N–H and O–H groups in total. The summed E-state index contributed by atoms with van der Waals surface area (Å²) in [7, 11) is 0. The second-order valence-corrected chi connectivity index (χ2v) is 7.60. The van der Waals surface area contributed by atoms with Crippen molar-refractivity contribution in [1.29, 1.82) is 0 Å². The Morgan fingerprint density at radius 3 is 2.78 bits per heavy atom. The van der Waals surface area contributed by atoms with Gasteiger partial charge in [0.2, 0.25) is 11.8 Å². The van der Waals surface area contributed by atoms with Crippen molar-refractivity contribution in [3.63, 3.8) is 0 Å². The number of carboxylic acid groups (broad SMARTS) is 1. The molecule has 2 aromatic rings. The minimum absolute atomic E-state index is 0.00000402. The molecule has 0 saturated carbocycles. The monoisotopic (exact) mass is 387 g/mol. The number of amides is 2. The van der Waals surface area contributed by atoms with Crippen LogP contribution in [0.3, 0.4) is 0 Å². The third kappa shape index (κ3) is 4.16. The topological polar surface area (TPSA) is 99.6 Å². The molecule has 142 valence electrons. The summed E-state index contributed by atoms with van der Waals surface area (Å²) in [5.74, 6) is -1.63. The van der Waals surface area contributed by atoms with Crippen molar-refractivity contribution in [2.24, 2.45) is 5.92 Å². The van der Waals surface area contributed by atoms with Gasteiger partial charge in [0.25, 0.3) is 0 Å². The van der Waals surface area contributed by atoms with Gasteiger partial charge in [0.1, 0.15) is 0 Å². The lowest BCUT2D eigenvalue weighted by molar-refractivity contribution is -0.151. The molecular weight excluding hydrogens is 366 g/mol. The fourth-order valence-electron chi connectivity index (χ4n) is 3.05. The summed E-state index contributed by atoms with van der Waals surface area (Å²) in [6, 6.07) is 6.33. The highest BCUT2D eigenvalue weighted by Crippen LogP contribution is 2.30. The second kappa shape index (κ2) is 7.87. The highest BCUT2D eigenvalue weighted by molar-refractivity contribution is 7.13. The molecule has 1 aliphatic rings. The van der Waals surface area contributed by atoms with Crippen molar-refractivity contribution >= 4 is 34.3 Å². The Labute approximate surface area is 161 Å². The van der Waals surface area contributed by atoms with Crippen LogP contribution in [0.1, 0.15) is 36.7 Å². The number of carboxylic acids is 1. The van der Waals surface area contributed by atoms with Crippen LogP contribution in [0.5, 0.6) is 0 Å². The van der Waals surface area contributed by atoms with Crippen molar-refractivity contribution in [3.05, 3.63) is 46.5 Å². The van der Waals surface area contributed by atoms with Crippen LogP contribution >= 0.6 is 11.3 Å². The molecule has 27 heavy (non-hydrogen) atoms. The first-order valence-electron chi connectivity index (χ1n) is 8.72. The van der Waals surface area contributed by atoms with Gasteiger partial charge in [-0.2, -0.15) is 0 Å². The Hall–Kier alpha value is -2.74. The maximum absolute atomic E-state index is 12.8. The van der Waals surface area contributed by atoms with Gasteiger partial charge in [0.05, 0.1) is 12.1 Å². The molecule has 0 radical (unpaired) electrons. The zero-order valence-electron chi connectivity index (χ0n) is 15.1. The molecule has 1 aromatic heterocycles. The fourth-order valence-corrected chi connectivity index (χ4v) is 3.77. The van der Waals surface area contributed by atoms with E-state index in [2.05, 4.69) is 10.3 Å². The van der Waals surface area contributed by atoms with Gasteiger partial charge in [-0.1, -0.05) is 38.1 Å². The highest BCUT2D eigenvalue weighted by Gasteiger charge is 2.35. The van der Waals surface area contributed by atoms with E-state index in [9.17, 15) is 19.5 Å². The molecule has 0 fully saturated rings. The second-order valence-electron chi connectivity index (χ2n) is 6.74. The predicted molar refractivity (Wildman–Crippen MR) is 102 cm³/mol. The average Bonchev–Trinajstić information content (AvgIpc) is 3.07. The van der Waals surface area contributed by atoms with Gasteiger partial charge in [-0.25, -0.2) is 9.78 Å². The van der Waals surface area contributed by atoms with Gasteiger partial charge in [-0.05, 0) is 17.5 Å². The smallest absolute Gasteiger partial charge is 0.331 e. The van der Waals surface area contributed by atoms with Crippen LogP contribution in [0.15, 0.2) is 29.6 Å². The van der Waals surface area contributed by atoms with E-state index in [0.717, 1.165) is 5.56 Å². The molecule has 1 aromatic carbocycles. The van der Waals surface area contributed by atoms with Crippen molar-refractivity contribution in [1.82, 2.24) is 9.88 Å². The molecule has 7 nitrogen and oxygen atoms in total. The Morgan fingerprint density at radius 2 is 2.07 bits per heavy atom. The number of anilines is 1. The first kappa shape index (κ1) is 19.0. The number of aliphatic carboxylic acids is 1. The number of rotatable bonds is 5. The molecular formula is C19H21N3O4S. The van der Waals surface area contributed by atoms with Crippen molar-refractivity contribution < 1.29 is 19.5 Å². The van der Waals surface area contributed by atoms with Crippen molar-refractivity contribution in [3.8, 4) is 0 Å². The summed E-state index contributed by atoms with van der Waals surface area (Å²) >= 11 is 1.25. The van der Waals surface area contributed by atoms with Crippen molar-refractivity contribution in [2.75, 3.05) is 11.9 Å². The van der Waals surface area contributed by atoms with Gasteiger partial charge in [-0.15, -0.1) is 11.3 Å². The predicted octanol–water partition coefficient (Wildman–Crippen LogP) is 2.49. The van der Waals surface area contributed by atoms with Crippen LogP contribution < -0.4 is 5.32 Å². The fraction of sp³-hybridized carbons (Fsp3) is 0.368. The van der Waals surface area contributed by atoms with Crippen LogP contribution in [0.2, 0.25) is 0 Å². The minimum atomic E-state index is -1.04. The number of aromatic nitrogens is 1. The summed E-state index contributed by atoms with van der Waals surface area (Å²) < 4.78 is 0. The van der Waals surface area contributed by atoms with Gasteiger partial charge >= 0.3 is 5.97 Å². The number of carbonyl (C=O) groups excluding carboxylic acids is 2. The third-order valence-corrected chi connectivity index (χ3v) is 5.28. The molecule has 0 saturated heterocycles. The third-order valence-electron chi connectivity index (χ3n) is 4.48. The van der Waals surface area contributed by atoms with E-state index < -0.39 is 12.0 Å². The van der Waals surface area contributed by atoms with Gasteiger partial charge in [0.15, 0.2) is 11.2 Å². The molecule has 0 aliphatic carbocycles. The number of nitrogens with one attached hydrogen (secondary N) is 1. The normalized spacial score (nSPS) is 16.1. The zero-order chi connectivity index (χ0) is 19.6. The Bertz CT molecular complexity index is 877. The number of carbonyl (C=O) groups is 3. The number of hydrogen-bond donors (Lipinski definition) is 2. The summed E-state index contributed by atoms with van der Waals surface area (Å²) in [6.07, 6.45) is 0.623. The number of nitrogens with zero attached hydrogens (tertiary/aromatic N) is 2.